The molecule has 1 aromatic heterocycles. The van der Waals surface area contributed by atoms with Gasteiger partial charge >= 0.3 is 0 Å². The molecule has 3 aromatic rings. The molecule has 2 unspecified atom stereocenters. The molecule has 0 aliphatic carbocycles. The van der Waals surface area contributed by atoms with Crippen molar-refractivity contribution in [3.05, 3.63) is 101 Å². The maximum absolute atomic E-state index is 13.2. The van der Waals surface area contributed by atoms with Crippen LogP contribution in [0.2, 0.25) is 0 Å². The fourth-order valence-corrected chi connectivity index (χ4v) is 4.90. The second-order valence-electron chi connectivity index (χ2n) is 9.69. The van der Waals surface area contributed by atoms with Crippen LogP contribution in [0.4, 0.5) is 0 Å². The molecule has 172 valence electrons. The van der Waals surface area contributed by atoms with Gasteiger partial charge in [0.25, 0.3) is 0 Å². The molecule has 2 aromatic carbocycles. The largest absolute Gasteiger partial charge is 0.338 e. The Hall–Kier alpha value is -2.98. The van der Waals surface area contributed by atoms with E-state index in [4.69, 9.17) is 0 Å². The summed E-state index contributed by atoms with van der Waals surface area (Å²) in [5.41, 5.74) is 5.07. The van der Waals surface area contributed by atoms with Crippen molar-refractivity contribution in [2.24, 2.45) is 11.8 Å². The standard InChI is InChI=1S/C29H35N3O/c1-22(2)29(33)32(18-25-10-7-15-30-16-25)20-27-19-31(17-24-8-5-4-6-9-24)21-28(27)26-13-11-23(3)12-14-26/h4-16,22,27-28H,17-21H2,1-3H3. The highest BCUT2D eigenvalue weighted by atomic mass is 16.2. The molecule has 0 spiro atoms. The molecule has 4 heteroatoms. The number of nitrogens with zero attached hydrogens (tertiary/aromatic N) is 3. The summed E-state index contributed by atoms with van der Waals surface area (Å²) in [6, 6.07) is 23.6. The summed E-state index contributed by atoms with van der Waals surface area (Å²) in [6.45, 7) is 10.4. The highest BCUT2D eigenvalue weighted by Crippen LogP contribution is 2.35. The number of pyridine rings is 1. The summed E-state index contributed by atoms with van der Waals surface area (Å²) >= 11 is 0. The van der Waals surface area contributed by atoms with E-state index in [1.807, 2.05) is 26.1 Å². The Kier molecular flexibility index (Phi) is 7.56. The average Bonchev–Trinajstić information content (AvgIpc) is 3.22. The van der Waals surface area contributed by atoms with Crippen LogP contribution in [-0.4, -0.2) is 40.3 Å². The summed E-state index contributed by atoms with van der Waals surface area (Å²) in [7, 11) is 0. The first kappa shape index (κ1) is 23.2. The van der Waals surface area contributed by atoms with Crippen molar-refractivity contribution in [1.82, 2.24) is 14.8 Å². The van der Waals surface area contributed by atoms with Gasteiger partial charge in [-0.2, -0.15) is 0 Å². The lowest BCUT2D eigenvalue weighted by Crippen LogP contribution is -2.39. The molecule has 0 radical (unpaired) electrons. The van der Waals surface area contributed by atoms with Gasteiger partial charge in [0, 0.05) is 57.0 Å². The Morgan fingerprint density at radius 3 is 2.39 bits per heavy atom. The van der Waals surface area contributed by atoms with E-state index in [9.17, 15) is 4.79 Å². The van der Waals surface area contributed by atoms with E-state index in [0.717, 1.165) is 31.7 Å². The van der Waals surface area contributed by atoms with Gasteiger partial charge in [0.1, 0.15) is 0 Å². The highest BCUT2D eigenvalue weighted by molar-refractivity contribution is 5.78. The molecule has 1 fully saturated rings. The van der Waals surface area contributed by atoms with Gasteiger partial charge < -0.3 is 4.90 Å². The van der Waals surface area contributed by atoms with Crippen LogP contribution in [0.1, 0.15) is 42.0 Å². The molecule has 1 aliphatic rings. The number of rotatable bonds is 8. The number of aryl methyl sites for hydroxylation is 1. The second kappa shape index (κ2) is 10.8. The first-order valence-electron chi connectivity index (χ1n) is 12.0. The molecule has 1 aliphatic heterocycles. The van der Waals surface area contributed by atoms with Crippen LogP contribution in [0, 0.1) is 18.8 Å². The Labute approximate surface area is 198 Å². The Morgan fingerprint density at radius 2 is 1.73 bits per heavy atom. The molecule has 1 saturated heterocycles. The summed E-state index contributed by atoms with van der Waals surface area (Å²) in [4.78, 5) is 22.0. The molecule has 2 atom stereocenters. The predicted molar refractivity (Wildman–Crippen MR) is 134 cm³/mol. The zero-order valence-corrected chi connectivity index (χ0v) is 20.0. The molecular weight excluding hydrogens is 406 g/mol. The Bertz CT molecular complexity index is 1020. The molecule has 1 amide bonds. The van der Waals surface area contributed by atoms with Gasteiger partial charge in [0.15, 0.2) is 0 Å². The highest BCUT2D eigenvalue weighted by Gasteiger charge is 2.36. The molecule has 4 rings (SSSR count). The normalized spacial score (nSPS) is 18.5. The average molecular weight is 442 g/mol. The second-order valence-corrected chi connectivity index (χ2v) is 9.69. The lowest BCUT2D eigenvalue weighted by Gasteiger charge is -2.30. The summed E-state index contributed by atoms with van der Waals surface area (Å²) in [6.07, 6.45) is 3.65. The lowest BCUT2D eigenvalue weighted by atomic mass is 9.88. The van der Waals surface area contributed by atoms with Gasteiger partial charge in [-0.3, -0.25) is 14.7 Å². The van der Waals surface area contributed by atoms with Crippen LogP contribution in [0.3, 0.4) is 0 Å². The molecule has 2 heterocycles. The topological polar surface area (TPSA) is 36.4 Å². The predicted octanol–water partition coefficient (Wildman–Crippen LogP) is 5.29. The minimum absolute atomic E-state index is 0.0266. The summed E-state index contributed by atoms with van der Waals surface area (Å²) in [5.74, 6) is 0.978. The van der Waals surface area contributed by atoms with Crippen molar-refractivity contribution in [2.45, 2.75) is 39.8 Å². The third-order valence-corrected chi connectivity index (χ3v) is 6.63. The smallest absolute Gasteiger partial charge is 0.225 e. The number of hydrogen-bond acceptors (Lipinski definition) is 3. The number of aromatic nitrogens is 1. The fourth-order valence-electron chi connectivity index (χ4n) is 4.90. The van der Waals surface area contributed by atoms with Crippen LogP contribution in [0.15, 0.2) is 79.1 Å². The lowest BCUT2D eigenvalue weighted by molar-refractivity contribution is -0.135. The van der Waals surface area contributed by atoms with Gasteiger partial charge in [-0.25, -0.2) is 0 Å². The molecular formula is C29H35N3O. The van der Waals surface area contributed by atoms with Crippen LogP contribution < -0.4 is 0 Å². The Balaban J connectivity index is 1.57. The van der Waals surface area contributed by atoms with Crippen molar-refractivity contribution in [3.8, 4) is 0 Å². The molecule has 4 nitrogen and oxygen atoms in total. The van der Waals surface area contributed by atoms with Gasteiger partial charge in [-0.1, -0.05) is 80.1 Å². The minimum Gasteiger partial charge on any atom is -0.338 e. The van der Waals surface area contributed by atoms with Crippen LogP contribution in [0.5, 0.6) is 0 Å². The van der Waals surface area contributed by atoms with E-state index in [2.05, 4.69) is 82.4 Å². The number of likely N-dealkylation sites (tertiary alicyclic amines) is 1. The maximum Gasteiger partial charge on any atom is 0.225 e. The van der Waals surface area contributed by atoms with E-state index < -0.39 is 0 Å². The van der Waals surface area contributed by atoms with Crippen molar-refractivity contribution < 1.29 is 4.79 Å². The molecule has 0 saturated carbocycles. The van der Waals surface area contributed by atoms with Crippen molar-refractivity contribution in [3.63, 3.8) is 0 Å². The zero-order chi connectivity index (χ0) is 23.2. The van der Waals surface area contributed by atoms with Gasteiger partial charge in [-0.15, -0.1) is 0 Å². The third-order valence-electron chi connectivity index (χ3n) is 6.63. The summed E-state index contributed by atoms with van der Waals surface area (Å²) in [5, 5.41) is 0. The number of carbonyl (C=O) groups is 1. The number of benzene rings is 2. The van der Waals surface area contributed by atoms with Crippen molar-refractivity contribution >= 4 is 5.91 Å². The number of carbonyl (C=O) groups excluding carboxylic acids is 1. The number of amides is 1. The quantitative estimate of drug-likeness (QED) is 0.477. The van der Waals surface area contributed by atoms with Gasteiger partial charge in [0.2, 0.25) is 5.91 Å². The minimum atomic E-state index is -0.0266. The van der Waals surface area contributed by atoms with Gasteiger partial charge in [0.05, 0.1) is 0 Å². The molecule has 33 heavy (non-hydrogen) atoms. The van der Waals surface area contributed by atoms with Crippen molar-refractivity contribution in [1.29, 1.82) is 0 Å². The monoisotopic (exact) mass is 441 g/mol. The Morgan fingerprint density at radius 1 is 1.00 bits per heavy atom. The van der Waals surface area contributed by atoms with Crippen LogP contribution >= 0.6 is 0 Å². The molecule has 0 bridgehead atoms. The third kappa shape index (κ3) is 6.08. The van der Waals surface area contributed by atoms with E-state index in [0.29, 0.717) is 18.4 Å². The maximum atomic E-state index is 13.2. The SMILES string of the molecule is Cc1ccc(C2CN(Cc3ccccc3)CC2CN(Cc2cccnc2)C(=O)C(C)C)cc1. The van der Waals surface area contributed by atoms with E-state index >= 15 is 0 Å². The zero-order valence-electron chi connectivity index (χ0n) is 20.0. The number of hydrogen-bond donors (Lipinski definition) is 0. The van der Waals surface area contributed by atoms with Crippen LogP contribution in [0.25, 0.3) is 0 Å². The van der Waals surface area contributed by atoms with E-state index in [-0.39, 0.29) is 11.8 Å². The molecule has 0 N–H and O–H groups in total. The van der Waals surface area contributed by atoms with Gasteiger partial charge in [-0.05, 0) is 35.6 Å². The first-order valence-corrected chi connectivity index (χ1v) is 12.0. The van der Waals surface area contributed by atoms with Crippen molar-refractivity contribution in [2.75, 3.05) is 19.6 Å². The van der Waals surface area contributed by atoms with E-state index in [1.54, 1.807) is 6.20 Å². The first-order chi connectivity index (χ1) is 16.0. The van der Waals surface area contributed by atoms with Crippen LogP contribution in [-0.2, 0) is 17.9 Å². The summed E-state index contributed by atoms with van der Waals surface area (Å²) < 4.78 is 0. The van der Waals surface area contributed by atoms with E-state index in [1.165, 1.54) is 16.7 Å². The fraction of sp³-hybridized carbons (Fsp3) is 0.379.